The number of rotatable bonds is 4. The van der Waals surface area contributed by atoms with Gasteiger partial charge in [0.2, 0.25) is 5.75 Å². The van der Waals surface area contributed by atoms with E-state index in [2.05, 4.69) is 6.58 Å². The van der Waals surface area contributed by atoms with Crippen LogP contribution in [-0.2, 0) is 30.5 Å². The van der Waals surface area contributed by atoms with E-state index >= 15 is 0 Å². The number of alkyl halides is 3. The summed E-state index contributed by atoms with van der Waals surface area (Å²) in [4.78, 5) is 11.2. The smallest absolute Gasteiger partial charge is 0.485 e. The molecule has 1 aliphatic rings. The standard InChI is InChI=1S/C10H17O2S.CHF3O3S/c1-3-9-6-5-7-13(9)8-10(11)12-4-2;2-1(3,4)8(5,6)7/h3,9H,1,4-8H2,2H3;(H,5,6,7)/q+1;/p-1. The van der Waals surface area contributed by atoms with Crippen molar-refractivity contribution in [1.29, 1.82) is 0 Å². The molecule has 5 nitrogen and oxygen atoms in total. The lowest BCUT2D eigenvalue weighted by Crippen LogP contribution is -2.25. The van der Waals surface area contributed by atoms with Crippen LogP contribution in [0.2, 0.25) is 0 Å². The van der Waals surface area contributed by atoms with Crippen molar-refractivity contribution in [3.63, 3.8) is 0 Å². The largest absolute Gasteiger partial charge is 0.741 e. The summed E-state index contributed by atoms with van der Waals surface area (Å²) >= 11 is 0. The first-order valence-corrected chi connectivity index (χ1v) is 9.03. The second kappa shape index (κ2) is 8.64. The molecule has 2 atom stereocenters. The summed E-state index contributed by atoms with van der Waals surface area (Å²) in [5, 5.41) is 0.560. The van der Waals surface area contributed by atoms with Gasteiger partial charge in [0.15, 0.2) is 10.1 Å². The van der Waals surface area contributed by atoms with E-state index in [4.69, 9.17) is 17.7 Å². The molecule has 10 heteroatoms. The quantitative estimate of drug-likeness (QED) is 0.253. The Morgan fingerprint density at radius 1 is 1.52 bits per heavy atom. The highest BCUT2D eigenvalue weighted by molar-refractivity contribution is 7.98. The maximum Gasteiger partial charge on any atom is 0.485 e. The number of carbonyl (C=O) groups is 1. The zero-order valence-corrected chi connectivity index (χ0v) is 13.0. The Morgan fingerprint density at radius 2 is 2.05 bits per heavy atom. The number of carbonyl (C=O) groups excluding carboxylic acids is 1. The van der Waals surface area contributed by atoms with E-state index in [1.54, 1.807) is 0 Å². The Kier molecular flexibility index (Phi) is 8.34. The molecule has 0 aromatic heterocycles. The Labute approximate surface area is 124 Å². The van der Waals surface area contributed by atoms with Gasteiger partial charge in [0.25, 0.3) is 0 Å². The molecule has 21 heavy (non-hydrogen) atoms. The summed E-state index contributed by atoms with van der Waals surface area (Å²) in [5.41, 5.74) is -5.65. The Balaban J connectivity index is 0.000000433. The van der Waals surface area contributed by atoms with Crippen LogP contribution in [0.25, 0.3) is 0 Å². The van der Waals surface area contributed by atoms with Gasteiger partial charge in [-0.05, 0) is 19.4 Å². The number of esters is 1. The van der Waals surface area contributed by atoms with Gasteiger partial charge >= 0.3 is 11.5 Å². The number of ether oxygens (including phenoxy) is 1. The van der Waals surface area contributed by atoms with Gasteiger partial charge in [0.05, 0.1) is 6.61 Å². The molecule has 1 aliphatic heterocycles. The minimum Gasteiger partial charge on any atom is -0.741 e. The Hall–Kier alpha value is -0.740. The van der Waals surface area contributed by atoms with Crippen molar-refractivity contribution in [2.45, 2.75) is 30.5 Å². The van der Waals surface area contributed by atoms with E-state index in [0.717, 1.165) is 0 Å². The highest BCUT2D eigenvalue weighted by Crippen LogP contribution is 2.23. The molecule has 0 aromatic rings. The van der Waals surface area contributed by atoms with E-state index < -0.39 is 15.6 Å². The molecule has 2 unspecified atom stereocenters. The van der Waals surface area contributed by atoms with E-state index in [-0.39, 0.29) is 16.9 Å². The second-order valence-electron chi connectivity index (χ2n) is 4.01. The highest BCUT2D eigenvalue weighted by Gasteiger charge is 2.37. The van der Waals surface area contributed by atoms with Crippen molar-refractivity contribution in [3.05, 3.63) is 12.7 Å². The lowest BCUT2D eigenvalue weighted by Gasteiger charge is -2.08. The molecule has 1 saturated heterocycles. The van der Waals surface area contributed by atoms with Crippen LogP contribution in [0.5, 0.6) is 0 Å². The average molecular weight is 350 g/mol. The van der Waals surface area contributed by atoms with Crippen LogP contribution in [0.15, 0.2) is 12.7 Å². The number of hydrogen-bond acceptors (Lipinski definition) is 5. The third-order valence-corrected chi connectivity index (χ3v) is 5.75. The molecule has 0 bridgehead atoms. The molecular weight excluding hydrogens is 333 g/mol. The zero-order chi connectivity index (χ0) is 16.7. The molecule has 1 heterocycles. The summed E-state index contributed by atoms with van der Waals surface area (Å²) < 4.78 is 63.8. The molecule has 0 spiro atoms. The first-order chi connectivity index (χ1) is 9.52. The summed E-state index contributed by atoms with van der Waals surface area (Å²) in [7, 11) is -5.88. The number of halogens is 3. The SMILES string of the molecule is C=CC1CCC[S+]1CC(=O)OCC.O=S(=O)([O-])C(F)(F)F. The van der Waals surface area contributed by atoms with Crippen LogP contribution in [0.3, 0.4) is 0 Å². The van der Waals surface area contributed by atoms with E-state index in [1.807, 2.05) is 13.0 Å². The monoisotopic (exact) mass is 350 g/mol. The Bertz CT molecular complexity index is 447. The van der Waals surface area contributed by atoms with Crippen LogP contribution >= 0.6 is 0 Å². The molecule has 0 radical (unpaired) electrons. The second-order valence-corrected chi connectivity index (χ2v) is 7.76. The van der Waals surface area contributed by atoms with E-state index in [0.29, 0.717) is 17.6 Å². The minimum absolute atomic E-state index is 0.0421. The van der Waals surface area contributed by atoms with Gasteiger partial charge in [-0.25, -0.2) is 13.2 Å². The predicted octanol–water partition coefficient (Wildman–Crippen LogP) is 1.57. The fraction of sp³-hybridized carbons (Fsp3) is 0.727. The molecule has 124 valence electrons. The maximum absolute atomic E-state index is 11.2. The van der Waals surface area contributed by atoms with Crippen molar-refractivity contribution in [2.24, 2.45) is 0 Å². The first-order valence-electron chi connectivity index (χ1n) is 5.99. The molecule has 0 saturated carbocycles. The maximum atomic E-state index is 11.2. The van der Waals surface area contributed by atoms with Crippen LogP contribution < -0.4 is 0 Å². The van der Waals surface area contributed by atoms with Crippen molar-refractivity contribution in [1.82, 2.24) is 0 Å². The average Bonchev–Trinajstić information content (AvgIpc) is 2.74. The van der Waals surface area contributed by atoms with Crippen LogP contribution in [-0.4, -0.2) is 47.8 Å². The van der Waals surface area contributed by atoms with E-state index in [9.17, 15) is 18.0 Å². The lowest BCUT2D eigenvalue weighted by molar-refractivity contribution is -0.139. The van der Waals surface area contributed by atoms with Crippen molar-refractivity contribution in [2.75, 3.05) is 18.1 Å². The number of hydrogen-bond donors (Lipinski definition) is 0. The van der Waals surface area contributed by atoms with Crippen molar-refractivity contribution in [3.8, 4) is 0 Å². The van der Waals surface area contributed by atoms with Crippen LogP contribution in [0.1, 0.15) is 19.8 Å². The molecule has 0 aromatic carbocycles. The molecule has 0 amide bonds. The van der Waals surface area contributed by atoms with Gasteiger partial charge in [-0.3, -0.25) is 0 Å². The summed E-state index contributed by atoms with van der Waals surface area (Å²) in [6.07, 6.45) is 4.43. The molecular formula is C11H17F3O5S2. The molecule has 1 fully saturated rings. The van der Waals surface area contributed by atoms with Crippen LogP contribution in [0, 0.1) is 0 Å². The summed E-state index contributed by atoms with van der Waals surface area (Å²) in [6, 6.07) is 0. The third kappa shape index (κ3) is 7.72. The molecule has 0 N–H and O–H groups in total. The van der Waals surface area contributed by atoms with Gasteiger partial charge in [-0.1, -0.05) is 6.58 Å². The predicted molar refractivity (Wildman–Crippen MR) is 72.7 cm³/mol. The van der Waals surface area contributed by atoms with Crippen molar-refractivity contribution >= 4 is 27.0 Å². The van der Waals surface area contributed by atoms with E-state index in [1.165, 1.54) is 18.6 Å². The third-order valence-electron chi connectivity index (χ3n) is 2.48. The highest BCUT2D eigenvalue weighted by atomic mass is 32.2. The first kappa shape index (κ1) is 20.3. The summed E-state index contributed by atoms with van der Waals surface area (Å²) in [5.74, 6) is 1.74. The topological polar surface area (TPSA) is 83.5 Å². The van der Waals surface area contributed by atoms with Crippen LogP contribution in [0.4, 0.5) is 13.2 Å². The summed E-state index contributed by atoms with van der Waals surface area (Å²) in [6.45, 7) is 6.14. The lowest BCUT2D eigenvalue weighted by atomic mass is 10.2. The minimum atomic E-state index is -6.09. The molecule has 1 rings (SSSR count). The zero-order valence-electron chi connectivity index (χ0n) is 11.4. The van der Waals surface area contributed by atoms with Gasteiger partial charge in [-0.2, -0.15) is 13.2 Å². The fourth-order valence-corrected chi connectivity index (χ4v) is 3.93. The van der Waals surface area contributed by atoms with Gasteiger partial charge < -0.3 is 9.29 Å². The van der Waals surface area contributed by atoms with Gasteiger partial charge in [0, 0.05) is 17.3 Å². The van der Waals surface area contributed by atoms with Gasteiger partial charge in [-0.15, -0.1) is 0 Å². The molecule has 0 aliphatic carbocycles. The van der Waals surface area contributed by atoms with Crippen molar-refractivity contribution < 1.29 is 35.7 Å². The fourth-order valence-electron chi connectivity index (χ4n) is 1.58. The normalized spacial score (nSPS) is 22.1. The van der Waals surface area contributed by atoms with Gasteiger partial charge in [0.1, 0.15) is 11.0 Å². The Morgan fingerprint density at radius 3 is 2.43 bits per heavy atom.